The van der Waals surface area contributed by atoms with Crippen molar-refractivity contribution in [3.8, 4) is 16.9 Å². The minimum Gasteiger partial charge on any atom is -0.508 e. The van der Waals surface area contributed by atoms with Crippen LogP contribution >= 0.6 is 11.6 Å². The SMILES string of the molecule is CN(C)c1cc(-c2ccc(Cl)cc2)c(O)c2c1C[C@H]1C[C@H]3CC(=O)C(C(N)=O)=C(O)[C@@]3(O)C(=O)C1=C2O. The van der Waals surface area contributed by atoms with Gasteiger partial charge >= 0.3 is 0 Å². The second kappa shape index (κ2) is 8.36. The molecule has 6 N–H and O–H groups in total. The molecular formula is C27H25ClN2O7. The molecule has 0 saturated heterocycles. The van der Waals surface area contributed by atoms with E-state index in [9.17, 15) is 34.8 Å². The van der Waals surface area contributed by atoms with E-state index in [4.69, 9.17) is 17.3 Å². The van der Waals surface area contributed by atoms with Crippen molar-refractivity contribution < 1.29 is 34.8 Å². The molecule has 37 heavy (non-hydrogen) atoms. The number of benzene rings is 2. The normalized spacial score (nSPS) is 25.0. The predicted octanol–water partition coefficient (Wildman–Crippen LogP) is 2.81. The third-order valence-corrected chi connectivity index (χ3v) is 7.93. The number of carbonyl (C=O) groups is 3. The molecule has 10 heteroatoms. The van der Waals surface area contributed by atoms with Gasteiger partial charge in [0, 0.05) is 48.3 Å². The van der Waals surface area contributed by atoms with Crippen molar-refractivity contribution in [2.45, 2.75) is 24.9 Å². The number of halogens is 1. The van der Waals surface area contributed by atoms with E-state index in [2.05, 4.69) is 0 Å². The van der Waals surface area contributed by atoms with Crippen LogP contribution < -0.4 is 10.6 Å². The first-order valence-corrected chi connectivity index (χ1v) is 12.0. The fourth-order valence-electron chi connectivity index (χ4n) is 5.92. The highest BCUT2D eigenvalue weighted by molar-refractivity contribution is 6.30. The van der Waals surface area contributed by atoms with Crippen LogP contribution in [0.4, 0.5) is 5.69 Å². The number of hydrogen-bond donors (Lipinski definition) is 5. The largest absolute Gasteiger partial charge is 0.508 e. The number of phenols is 1. The molecular weight excluding hydrogens is 500 g/mol. The molecule has 0 bridgehead atoms. The maximum absolute atomic E-state index is 13.7. The van der Waals surface area contributed by atoms with Gasteiger partial charge in [0.25, 0.3) is 5.91 Å². The first kappa shape index (κ1) is 24.9. The number of hydrogen-bond acceptors (Lipinski definition) is 8. The van der Waals surface area contributed by atoms with Gasteiger partial charge in [-0.2, -0.15) is 0 Å². The van der Waals surface area contributed by atoms with Crippen molar-refractivity contribution in [2.24, 2.45) is 17.6 Å². The van der Waals surface area contributed by atoms with Gasteiger partial charge in [0.2, 0.25) is 5.78 Å². The maximum Gasteiger partial charge on any atom is 0.255 e. The van der Waals surface area contributed by atoms with Gasteiger partial charge in [0.05, 0.1) is 5.56 Å². The highest BCUT2D eigenvalue weighted by Gasteiger charge is 2.60. The highest BCUT2D eigenvalue weighted by atomic mass is 35.5. The van der Waals surface area contributed by atoms with Crippen LogP contribution in [0.25, 0.3) is 16.9 Å². The summed E-state index contributed by atoms with van der Waals surface area (Å²) in [5, 5.41) is 45.4. The van der Waals surface area contributed by atoms with Gasteiger partial charge in [-0.3, -0.25) is 14.4 Å². The van der Waals surface area contributed by atoms with Crippen molar-refractivity contribution in [3.63, 3.8) is 0 Å². The van der Waals surface area contributed by atoms with E-state index in [1.807, 2.05) is 19.0 Å². The molecule has 2 aromatic carbocycles. The molecule has 0 spiro atoms. The molecule has 192 valence electrons. The van der Waals surface area contributed by atoms with Crippen molar-refractivity contribution >= 4 is 40.5 Å². The summed E-state index contributed by atoms with van der Waals surface area (Å²) in [6.07, 6.45) is -0.0465. The summed E-state index contributed by atoms with van der Waals surface area (Å²) < 4.78 is 0. The lowest BCUT2D eigenvalue weighted by molar-refractivity contribution is -0.147. The number of nitrogens with zero attached hydrogens (tertiary/aromatic N) is 1. The Labute approximate surface area is 217 Å². The van der Waals surface area contributed by atoms with E-state index in [0.29, 0.717) is 27.4 Å². The van der Waals surface area contributed by atoms with E-state index >= 15 is 0 Å². The Kier molecular flexibility index (Phi) is 5.61. The predicted molar refractivity (Wildman–Crippen MR) is 136 cm³/mol. The number of aliphatic hydroxyl groups excluding tert-OH is 2. The number of aliphatic hydroxyl groups is 3. The second-order valence-electron chi connectivity index (χ2n) is 9.95. The lowest BCUT2D eigenvalue weighted by atomic mass is 9.59. The van der Waals surface area contributed by atoms with Gasteiger partial charge in [0.1, 0.15) is 22.8 Å². The standard InChI is InChI=1S/C27H25ClN2O7/c1-30(2)17-10-15(11-3-5-14(28)6-4-11)22(32)20-16(17)8-12-7-13-9-18(31)21(26(29)36)25(35)27(13,37)24(34)19(12)23(20)33/h3-6,10,12-13,32-33,35,37H,7-9H2,1-2H3,(H2,29,36)/t12-,13+,27+/m1/s1. The number of anilines is 1. The van der Waals surface area contributed by atoms with Crippen molar-refractivity contribution in [1.29, 1.82) is 0 Å². The Bertz CT molecular complexity index is 1460. The van der Waals surface area contributed by atoms with Crippen LogP contribution in [0.5, 0.6) is 5.75 Å². The van der Waals surface area contributed by atoms with E-state index in [1.54, 1.807) is 30.3 Å². The quantitative estimate of drug-likeness (QED) is 0.383. The summed E-state index contributed by atoms with van der Waals surface area (Å²) in [6.45, 7) is 0. The number of amides is 1. The molecule has 1 amide bonds. The van der Waals surface area contributed by atoms with E-state index in [0.717, 1.165) is 0 Å². The summed E-state index contributed by atoms with van der Waals surface area (Å²) in [4.78, 5) is 39.8. The van der Waals surface area contributed by atoms with Gasteiger partial charge in [-0.15, -0.1) is 0 Å². The number of Topliss-reactive ketones (excluding diaryl/α,β-unsaturated/α-hetero) is 2. The van der Waals surface area contributed by atoms with E-state index < -0.39 is 52.0 Å². The highest BCUT2D eigenvalue weighted by Crippen LogP contribution is 2.54. The summed E-state index contributed by atoms with van der Waals surface area (Å²) in [5.41, 5.74) is 4.02. The molecule has 9 nitrogen and oxygen atoms in total. The van der Waals surface area contributed by atoms with Crippen LogP contribution in [0.3, 0.4) is 0 Å². The van der Waals surface area contributed by atoms with Gasteiger partial charge in [-0.1, -0.05) is 23.7 Å². The third kappa shape index (κ3) is 3.45. The third-order valence-electron chi connectivity index (χ3n) is 7.68. The van der Waals surface area contributed by atoms with Crippen molar-refractivity contribution in [2.75, 3.05) is 19.0 Å². The number of phenolic OH excluding ortho intramolecular Hbond substituents is 1. The topological polar surface area (TPSA) is 161 Å². The van der Waals surface area contributed by atoms with Crippen LogP contribution in [0.2, 0.25) is 5.02 Å². The molecule has 3 atom stereocenters. The fraction of sp³-hybridized carbons (Fsp3) is 0.296. The molecule has 0 aliphatic heterocycles. The number of primary amides is 1. The monoisotopic (exact) mass is 524 g/mol. The summed E-state index contributed by atoms with van der Waals surface area (Å²) >= 11 is 6.02. The minimum atomic E-state index is -2.59. The Hall–Kier alpha value is -3.82. The number of aromatic hydroxyl groups is 1. The molecule has 2 aromatic rings. The molecule has 1 saturated carbocycles. The number of rotatable bonds is 3. The van der Waals surface area contributed by atoms with Gasteiger partial charge in [-0.25, -0.2) is 0 Å². The Morgan fingerprint density at radius 2 is 1.76 bits per heavy atom. The molecule has 5 rings (SSSR count). The lowest BCUT2D eigenvalue weighted by Crippen LogP contribution is -2.58. The van der Waals surface area contributed by atoms with E-state index in [1.165, 1.54) is 0 Å². The number of ketones is 2. The summed E-state index contributed by atoms with van der Waals surface area (Å²) in [7, 11) is 3.63. The number of carbonyl (C=O) groups excluding carboxylic acids is 3. The molecule has 1 fully saturated rings. The van der Waals surface area contributed by atoms with E-state index in [-0.39, 0.29) is 36.1 Å². The van der Waals surface area contributed by atoms with Crippen LogP contribution in [0, 0.1) is 11.8 Å². The Morgan fingerprint density at radius 1 is 1.11 bits per heavy atom. The average Bonchev–Trinajstić information content (AvgIpc) is 2.82. The summed E-state index contributed by atoms with van der Waals surface area (Å²) in [5.74, 6) is -6.51. The van der Waals surface area contributed by atoms with Crippen molar-refractivity contribution in [3.05, 3.63) is 63.4 Å². The van der Waals surface area contributed by atoms with Crippen molar-refractivity contribution in [1.82, 2.24) is 0 Å². The molecule has 0 radical (unpaired) electrons. The molecule has 0 unspecified atom stereocenters. The Balaban J connectivity index is 1.75. The van der Waals surface area contributed by atoms with Gasteiger partial charge < -0.3 is 31.1 Å². The summed E-state index contributed by atoms with van der Waals surface area (Å²) in [6, 6.07) is 8.54. The molecule has 3 aliphatic carbocycles. The van der Waals surface area contributed by atoms with Crippen LogP contribution in [-0.2, 0) is 20.8 Å². The number of fused-ring (bicyclic) bond motifs is 3. The van der Waals surface area contributed by atoms with Gasteiger partial charge in [-0.05, 0) is 48.1 Å². The number of nitrogens with two attached hydrogens (primary N) is 1. The molecule has 0 heterocycles. The van der Waals surface area contributed by atoms with Gasteiger partial charge in [0.15, 0.2) is 11.4 Å². The van der Waals surface area contributed by atoms with Crippen LogP contribution in [0.1, 0.15) is 24.0 Å². The fourth-order valence-corrected chi connectivity index (χ4v) is 6.04. The molecule has 3 aliphatic rings. The zero-order valence-corrected chi connectivity index (χ0v) is 20.8. The van der Waals surface area contributed by atoms with Crippen LogP contribution in [0.15, 0.2) is 47.2 Å². The zero-order valence-electron chi connectivity index (χ0n) is 20.1. The second-order valence-corrected chi connectivity index (χ2v) is 10.4. The van der Waals surface area contributed by atoms with Crippen LogP contribution in [-0.4, -0.2) is 57.6 Å². The lowest BCUT2D eigenvalue weighted by Gasteiger charge is -2.46. The Morgan fingerprint density at radius 3 is 2.35 bits per heavy atom. The average molecular weight is 525 g/mol. The first-order valence-electron chi connectivity index (χ1n) is 11.7. The first-order chi connectivity index (χ1) is 17.4. The maximum atomic E-state index is 13.7. The smallest absolute Gasteiger partial charge is 0.255 e. The molecule has 0 aromatic heterocycles. The minimum absolute atomic E-state index is 0.0447. The zero-order chi connectivity index (χ0) is 27.0.